The predicted molar refractivity (Wildman–Crippen MR) is 73.7 cm³/mol. The second-order valence-electron chi connectivity index (χ2n) is 4.74. The standard InChI is InChI=1S/C12H22N4OS/c1-4-5-13-9(2)12-14-11(15-17-12)10-8-18-7-6-16(10)3/h9-10,13H,4-8H2,1-3H3. The van der Waals surface area contributed by atoms with E-state index >= 15 is 0 Å². The third kappa shape index (κ3) is 3.24. The van der Waals surface area contributed by atoms with Crippen LogP contribution >= 0.6 is 11.8 Å². The molecule has 6 heteroatoms. The Morgan fingerprint density at radius 2 is 2.44 bits per heavy atom. The van der Waals surface area contributed by atoms with Crippen molar-refractivity contribution in [2.45, 2.75) is 32.4 Å². The van der Waals surface area contributed by atoms with Crippen molar-refractivity contribution in [2.75, 3.05) is 31.6 Å². The van der Waals surface area contributed by atoms with Crippen LogP contribution in [-0.4, -0.2) is 46.7 Å². The summed E-state index contributed by atoms with van der Waals surface area (Å²) in [5, 5.41) is 7.50. The summed E-state index contributed by atoms with van der Waals surface area (Å²) in [4.78, 5) is 6.84. The molecule has 1 aromatic rings. The third-order valence-corrected chi connectivity index (χ3v) is 4.25. The molecule has 0 aromatic carbocycles. The van der Waals surface area contributed by atoms with Crippen molar-refractivity contribution < 1.29 is 4.52 Å². The Kier molecular flexibility index (Phi) is 5.03. The van der Waals surface area contributed by atoms with E-state index in [9.17, 15) is 0 Å². The summed E-state index contributed by atoms with van der Waals surface area (Å²) in [5.74, 6) is 3.76. The average molecular weight is 270 g/mol. The molecule has 18 heavy (non-hydrogen) atoms. The van der Waals surface area contributed by atoms with E-state index in [2.05, 4.69) is 41.3 Å². The van der Waals surface area contributed by atoms with E-state index in [-0.39, 0.29) is 6.04 Å². The number of rotatable bonds is 5. The topological polar surface area (TPSA) is 54.2 Å². The average Bonchev–Trinajstić information content (AvgIpc) is 2.86. The SMILES string of the molecule is CCCNC(C)c1nc(C2CSCCN2C)no1. The second-order valence-corrected chi connectivity index (χ2v) is 5.89. The summed E-state index contributed by atoms with van der Waals surface area (Å²) in [7, 11) is 2.12. The van der Waals surface area contributed by atoms with Gasteiger partial charge in [0.15, 0.2) is 5.82 Å². The number of aromatic nitrogens is 2. The molecule has 0 aliphatic carbocycles. The Labute approximate surface area is 113 Å². The first-order chi connectivity index (χ1) is 8.72. The van der Waals surface area contributed by atoms with E-state index in [1.165, 1.54) is 5.75 Å². The predicted octanol–water partition coefficient (Wildman–Crippen LogP) is 1.85. The minimum Gasteiger partial charge on any atom is -0.338 e. The molecule has 1 fully saturated rings. The zero-order valence-electron chi connectivity index (χ0n) is 11.3. The molecular weight excluding hydrogens is 248 g/mol. The highest BCUT2D eigenvalue weighted by Gasteiger charge is 2.26. The van der Waals surface area contributed by atoms with Crippen LogP contribution in [0.25, 0.3) is 0 Å². The Morgan fingerprint density at radius 3 is 3.17 bits per heavy atom. The van der Waals surface area contributed by atoms with Crippen molar-refractivity contribution in [1.82, 2.24) is 20.4 Å². The fraction of sp³-hybridized carbons (Fsp3) is 0.833. The molecule has 2 rings (SSSR count). The van der Waals surface area contributed by atoms with Gasteiger partial charge in [0, 0.05) is 18.1 Å². The Hall–Kier alpha value is -0.590. The molecule has 2 unspecified atom stereocenters. The number of hydrogen-bond acceptors (Lipinski definition) is 6. The third-order valence-electron chi connectivity index (χ3n) is 3.22. The van der Waals surface area contributed by atoms with Gasteiger partial charge in [0.25, 0.3) is 0 Å². The molecule has 1 N–H and O–H groups in total. The first kappa shape index (κ1) is 13.8. The molecule has 0 amide bonds. The smallest absolute Gasteiger partial charge is 0.243 e. The zero-order valence-corrected chi connectivity index (χ0v) is 12.2. The Bertz CT molecular complexity index is 371. The molecule has 102 valence electrons. The molecule has 0 spiro atoms. The maximum atomic E-state index is 5.37. The lowest BCUT2D eigenvalue weighted by atomic mass is 10.2. The summed E-state index contributed by atoms with van der Waals surface area (Å²) in [6, 6.07) is 0.423. The Morgan fingerprint density at radius 1 is 1.61 bits per heavy atom. The molecule has 1 aromatic heterocycles. The van der Waals surface area contributed by atoms with Crippen LogP contribution in [-0.2, 0) is 0 Å². The van der Waals surface area contributed by atoms with E-state index in [0.717, 1.165) is 31.1 Å². The molecule has 5 nitrogen and oxygen atoms in total. The van der Waals surface area contributed by atoms with Gasteiger partial charge in [0.2, 0.25) is 5.89 Å². The van der Waals surface area contributed by atoms with Gasteiger partial charge in [-0.1, -0.05) is 12.1 Å². The van der Waals surface area contributed by atoms with Crippen LogP contribution < -0.4 is 5.32 Å². The van der Waals surface area contributed by atoms with Crippen molar-refractivity contribution in [2.24, 2.45) is 0 Å². The molecule has 2 atom stereocenters. The van der Waals surface area contributed by atoms with Crippen LogP contribution in [0.2, 0.25) is 0 Å². The summed E-state index contributed by atoms with van der Waals surface area (Å²) in [6.45, 7) is 6.26. The normalized spacial score (nSPS) is 23.2. The maximum Gasteiger partial charge on any atom is 0.243 e. The van der Waals surface area contributed by atoms with Crippen molar-refractivity contribution in [1.29, 1.82) is 0 Å². The largest absolute Gasteiger partial charge is 0.338 e. The lowest BCUT2D eigenvalue weighted by molar-refractivity contribution is 0.255. The van der Waals surface area contributed by atoms with Gasteiger partial charge in [-0.3, -0.25) is 4.90 Å². The highest BCUT2D eigenvalue weighted by molar-refractivity contribution is 7.99. The molecule has 0 radical (unpaired) electrons. The fourth-order valence-corrected chi connectivity index (χ4v) is 3.18. The van der Waals surface area contributed by atoms with Gasteiger partial charge in [-0.05, 0) is 26.9 Å². The van der Waals surface area contributed by atoms with Crippen molar-refractivity contribution in [3.63, 3.8) is 0 Å². The molecule has 0 saturated carbocycles. The molecule has 1 aliphatic rings. The van der Waals surface area contributed by atoms with E-state index in [4.69, 9.17) is 4.52 Å². The summed E-state index contributed by atoms with van der Waals surface area (Å²) >= 11 is 1.95. The van der Waals surface area contributed by atoms with E-state index in [0.29, 0.717) is 11.9 Å². The van der Waals surface area contributed by atoms with Gasteiger partial charge in [-0.25, -0.2) is 0 Å². The fourth-order valence-electron chi connectivity index (χ4n) is 1.96. The van der Waals surface area contributed by atoms with Crippen LogP contribution in [0.1, 0.15) is 44.1 Å². The van der Waals surface area contributed by atoms with Crippen molar-refractivity contribution >= 4 is 11.8 Å². The molecular formula is C12H22N4OS. The number of nitrogens with zero attached hydrogens (tertiary/aromatic N) is 3. The van der Waals surface area contributed by atoms with Crippen LogP contribution in [0, 0.1) is 0 Å². The quantitative estimate of drug-likeness (QED) is 0.881. The second kappa shape index (κ2) is 6.54. The summed E-state index contributed by atoms with van der Waals surface area (Å²) in [6.07, 6.45) is 1.10. The van der Waals surface area contributed by atoms with E-state index in [1.807, 2.05) is 11.8 Å². The molecule has 1 aliphatic heterocycles. The highest BCUT2D eigenvalue weighted by atomic mass is 32.2. The van der Waals surface area contributed by atoms with Gasteiger partial charge in [0.05, 0.1) is 12.1 Å². The molecule has 1 saturated heterocycles. The monoisotopic (exact) mass is 270 g/mol. The molecule has 0 bridgehead atoms. The van der Waals surface area contributed by atoms with Gasteiger partial charge < -0.3 is 9.84 Å². The Balaban J connectivity index is 2.00. The van der Waals surface area contributed by atoms with Gasteiger partial charge in [0.1, 0.15) is 0 Å². The van der Waals surface area contributed by atoms with Gasteiger partial charge in [-0.2, -0.15) is 16.7 Å². The highest BCUT2D eigenvalue weighted by Crippen LogP contribution is 2.26. The minimum atomic E-state index is 0.132. The first-order valence-electron chi connectivity index (χ1n) is 6.57. The number of thioether (sulfide) groups is 1. The summed E-state index contributed by atoms with van der Waals surface area (Å²) in [5.41, 5.74) is 0. The number of nitrogens with one attached hydrogen (secondary N) is 1. The van der Waals surface area contributed by atoms with E-state index < -0.39 is 0 Å². The first-order valence-corrected chi connectivity index (χ1v) is 7.72. The van der Waals surface area contributed by atoms with Crippen LogP contribution in [0.5, 0.6) is 0 Å². The van der Waals surface area contributed by atoms with Crippen LogP contribution in [0.3, 0.4) is 0 Å². The lowest BCUT2D eigenvalue weighted by Gasteiger charge is -2.29. The van der Waals surface area contributed by atoms with Gasteiger partial charge >= 0.3 is 0 Å². The minimum absolute atomic E-state index is 0.132. The van der Waals surface area contributed by atoms with Crippen LogP contribution in [0.4, 0.5) is 0 Å². The lowest BCUT2D eigenvalue weighted by Crippen LogP contribution is -2.33. The summed E-state index contributed by atoms with van der Waals surface area (Å²) < 4.78 is 5.37. The van der Waals surface area contributed by atoms with Crippen molar-refractivity contribution in [3.8, 4) is 0 Å². The number of hydrogen-bond donors (Lipinski definition) is 1. The maximum absolute atomic E-state index is 5.37. The van der Waals surface area contributed by atoms with E-state index in [1.54, 1.807) is 0 Å². The van der Waals surface area contributed by atoms with Crippen LogP contribution in [0.15, 0.2) is 4.52 Å². The van der Waals surface area contributed by atoms with Crippen molar-refractivity contribution in [3.05, 3.63) is 11.7 Å². The van der Waals surface area contributed by atoms with Gasteiger partial charge in [-0.15, -0.1) is 0 Å². The molecule has 2 heterocycles. The zero-order chi connectivity index (χ0) is 13.0.